The Morgan fingerprint density at radius 3 is 2.88 bits per heavy atom. The van der Waals surface area contributed by atoms with Crippen molar-refractivity contribution in [2.45, 2.75) is 6.54 Å². The van der Waals surface area contributed by atoms with Gasteiger partial charge in [0.25, 0.3) is 0 Å². The van der Waals surface area contributed by atoms with E-state index in [9.17, 15) is 4.79 Å². The Labute approximate surface area is 93.3 Å². The number of rotatable bonds is 3. The maximum absolute atomic E-state index is 11.7. The molecule has 2 N–H and O–H groups in total. The normalized spacial score (nSPS) is 10.6. The summed E-state index contributed by atoms with van der Waals surface area (Å²) in [6.07, 6.45) is 1.75. The van der Waals surface area contributed by atoms with E-state index in [2.05, 4.69) is 0 Å². The fourth-order valence-corrected chi connectivity index (χ4v) is 1.83. The number of ether oxygens (including phenoxy) is 1. The standard InChI is InChI=1S/C12H14N2O2/c1-16-11-4-2-3-9-10(15)5-7-14(8-6-13)12(9)11/h2-5,7H,6,8,13H2,1H3. The molecule has 16 heavy (non-hydrogen) atoms. The molecule has 2 aromatic rings. The van der Waals surface area contributed by atoms with Crippen molar-refractivity contribution in [3.05, 3.63) is 40.7 Å². The second-order valence-corrected chi connectivity index (χ2v) is 3.52. The number of hydrogen-bond donors (Lipinski definition) is 1. The van der Waals surface area contributed by atoms with Crippen molar-refractivity contribution >= 4 is 10.9 Å². The summed E-state index contributed by atoms with van der Waals surface area (Å²) >= 11 is 0. The van der Waals surface area contributed by atoms with E-state index in [1.54, 1.807) is 25.4 Å². The van der Waals surface area contributed by atoms with Gasteiger partial charge in [-0.2, -0.15) is 0 Å². The average molecular weight is 218 g/mol. The van der Waals surface area contributed by atoms with Crippen LogP contribution in [0.4, 0.5) is 0 Å². The van der Waals surface area contributed by atoms with Crippen LogP contribution >= 0.6 is 0 Å². The molecule has 1 aromatic heterocycles. The van der Waals surface area contributed by atoms with Gasteiger partial charge >= 0.3 is 0 Å². The van der Waals surface area contributed by atoms with Crippen molar-refractivity contribution in [2.75, 3.05) is 13.7 Å². The maximum atomic E-state index is 11.7. The molecule has 1 heterocycles. The molecule has 4 nitrogen and oxygen atoms in total. The van der Waals surface area contributed by atoms with Crippen LogP contribution in [0, 0.1) is 0 Å². The third-order valence-electron chi connectivity index (χ3n) is 2.55. The fourth-order valence-electron chi connectivity index (χ4n) is 1.83. The van der Waals surface area contributed by atoms with Gasteiger partial charge in [-0.05, 0) is 12.1 Å². The highest BCUT2D eigenvalue weighted by atomic mass is 16.5. The van der Waals surface area contributed by atoms with E-state index in [1.165, 1.54) is 0 Å². The second kappa shape index (κ2) is 4.37. The summed E-state index contributed by atoms with van der Waals surface area (Å²) in [5, 5.41) is 0.662. The summed E-state index contributed by atoms with van der Waals surface area (Å²) in [4.78, 5) is 11.7. The predicted molar refractivity (Wildman–Crippen MR) is 63.8 cm³/mol. The van der Waals surface area contributed by atoms with Gasteiger partial charge in [-0.1, -0.05) is 6.07 Å². The number of aromatic nitrogens is 1. The first kappa shape index (κ1) is 10.7. The maximum Gasteiger partial charge on any atom is 0.189 e. The molecular formula is C12H14N2O2. The first-order chi connectivity index (χ1) is 7.77. The lowest BCUT2D eigenvalue weighted by Crippen LogP contribution is -2.14. The van der Waals surface area contributed by atoms with Gasteiger partial charge in [-0.15, -0.1) is 0 Å². The summed E-state index contributed by atoms with van der Waals surface area (Å²) in [5.41, 5.74) is 6.35. The van der Waals surface area contributed by atoms with Crippen molar-refractivity contribution < 1.29 is 4.74 Å². The van der Waals surface area contributed by atoms with Crippen molar-refractivity contribution in [2.24, 2.45) is 5.73 Å². The number of nitrogens with zero attached hydrogens (tertiary/aromatic N) is 1. The number of para-hydroxylation sites is 1. The van der Waals surface area contributed by atoms with Crippen LogP contribution in [-0.4, -0.2) is 18.2 Å². The summed E-state index contributed by atoms with van der Waals surface area (Å²) in [6, 6.07) is 7.01. The smallest absolute Gasteiger partial charge is 0.189 e. The van der Waals surface area contributed by atoms with E-state index in [1.807, 2.05) is 16.7 Å². The highest BCUT2D eigenvalue weighted by molar-refractivity contribution is 5.84. The largest absolute Gasteiger partial charge is 0.495 e. The molecular weight excluding hydrogens is 204 g/mol. The van der Waals surface area contributed by atoms with Crippen LogP contribution in [-0.2, 0) is 6.54 Å². The Balaban J connectivity index is 2.82. The van der Waals surface area contributed by atoms with Gasteiger partial charge in [-0.3, -0.25) is 4.79 Å². The zero-order chi connectivity index (χ0) is 11.5. The van der Waals surface area contributed by atoms with Crippen LogP contribution in [0.5, 0.6) is 5.75 Å². The minimum absolute atomic E-state index is 0.00201. The highest BCUT2D eigenvalue weighted by Gasteiger charge is 2.07. The third-order valence-corrected chi connectivity index (χ3v) is 2.55. The van der Waals surface area contributed by atoms with E-state index in [0.29, 0.717) is 24.2 Å². The van der Waals surface area contributed by atoms with Crippen LogP contribution < -0.4 is 15.9 Å². The second-order valence-electron chi connectivity index (χ2n) is 3.52. The van der Waals surface area contributed by atoms with Crippen LogP contribution in [0.25, 0.3) is 10.9 Å². The molecule has 0 aliphatic carbocycles. The molecule has 0 bridgehead atoms. The SMILES string of the molecule is COc1cccc2c(=O)ccn(CCN)c12. The third kappa shape index (κ3) is 1.67. The molecule has 1 aromatic carbocycles. The minimum atomic E-state index is 0.00201. The highest BCUT2D eigenvalue weighted by Crippen LogP contribution is 2.22. The van der Waals surface area contributed by atoms with Crippen molar-refractivity contribution in [1.82, 2.24) is 4.57 Å². The number of benzene rings is 1. The molecule has 0 radical (unpaired) electrons. The number of fused-ring (bicyclic) bond motifs is 1. The average Bonchev–Trinajstić information content (AvgIpc) is 2.32. The molecule has 0 amide bonds. The van der Waals surface area contributed by atoms with E-state index < -0.39 is 0 Å². The Morgan fingerprint density at radius 1 is 1.38 bits per heavy atom. The molecule has 0 aliphatic heterocycles. The Bertz CT molecular complexity index is 560. The van der Waals surface area contributed by atoms with Crippen LogP contribution in [0.1, 0.15) is 0 Å². The fraction of sp³-hybridized carbons (Fsp3) is 0.250. The lowest BCUT2D eigenvalue weighted by molar-refractivity contribution is 0.417. The van der Waals surface area contributed by atoms with Gasteiger partial charge in [0, 0.05) is 30.7 Å². The summed E-state index contributed by atoms with van der Waals surface area (Å²) < 4.78 is 7.21. The van der Waals surface area contributed by atoms with Gasteiger partial charge < -0.3 is 15.0 Å². The van der Waals surface area contributed by atoms with Gasteiger partial charge in [0.2, 0.25) is 0 Å². The van der Waals surface area contributed by atoms with Gasteiger partial charge in [-0.25, -0.2) is 0 Å². The molecule has 0 saturated heterocycles. The van der Waals surface area contributed by atoms with Gasteiger partial charge in [0.15, 0.2) is 5.43 Å². The molecule has 0 saturated carbocycles. The summed E-state index contributed by atoms with van der Waals surface area (Å²) in [7, 11) is 1.60. The number of pyridine rings is 1. The zero-order valence-corrected chi connectivity index (χ0v) is 9.14. The Morgan fingerprint density at radius 2 is 2.19 bits per heavy atom. The van der Waals surface area contributed by atoms with E-state index in [0.717, 1.165) is 5.52 Å². The molecule has 0 spiro atoms. The summed E-state index contributed by atoms with van der Waals surface area (Å²) in [5.74, 6) is 0.698. The Hall–Kier alpha value is -1.81. The van der Waals surface area contributed by atoms with Crippen LogP contribution in [0.2, 0.25) is 0 Å². The van der Waals surface area contributed by atoms with E-state index in [-0.39, 0.29) is 5.43 Å². The van der Waals surface area contributed by atoms with Crippen molar-refractivity contribution in [3.8, 4) is 5.75 Å². The van der Waals surface area contributed by atoms with Crippen LogP contribution in [0.3, 0.4) is 0 Å². The quantitative estimate of drug-likeness (QED) is 0.835. The number of nitrogens with two attached hydrogens (primary N) is 1. The number of hydrogen-bond acceptors (Lipinski definition) is 3. The molecule has 0 atom stereocenters. The van der Waals surface area contributed by atoms with Gasteiger partial charge in [0.1, 0.15) is 5.75 Å². The first-order valence-corrected chi connectivity index (χ1v) is 5.14. The van der Waals surface area contributed by atoms with Crippen molar-refractivity contribution in [1.29, 1.82) is 0 Å². The predicted octanol–water partition coefficient (Wildman–Crippen LogP) is 0.969. The molecule has 0 aliphatic rings. The Kier molecular flexibility index (Phi) is 2.92. The number of methoxy groups -OCH3 is 1. The van der Waals surface area contributed by atoms with Crippen LogP contribution in [0.15, 0.2) is 35.3 Å². The monoisotopic (exact) mass is 218 g/mol. The van der Waals surface area contributed by atoms with Gasteiger partial charge in [0.05, 0.1) is 12.6 Å². The molecule has 4 heteroatoms. The van der Waals surface area contributed by atoms with E-state index >= 15 is 0 Å². The molecule has 2 rings (SSSR count). The lowest BCUT2D eigenvalue weighted by Gasteiger charge is -2.12. The van der Waals surface area contributed by atoms with E-state index in [4.69, 9.17) is 10.5 Å². The topological polar surface area (TPSA) is 57.2 Å². The zero-order valence-electron chi connectivity index (χ0n) is 9.14. The minimum Gasteiger partial charge on any atom is -0.495 e. The molecule has 0 fully saturated rings. The van der Waals surface area contributed by atoms with Crippen molar-refractivity contribution in [3.63, 3.8) is 0 Å². The lowest BCUT2D eigenvalue weighted by atomic mass is 10.2. The molecule has 0 unspecified atom stereocenters. The summed E-state index contributed by atoms with van der Waals surface area (Å²) in [6.45, 7) is 1.19. The molecule has 84 valence electrons. The first-order valence-electron chi connectivity index (χ1n) is 5.14.